The van der Waals surface area contributed by atoms with E-state index in [4.69, 9.17) is 14.2 Å². The number of nitrogens with one attached hydrogen (secondary N) is 1. The zero-order chi connectivity index (χ0) is 22.2. The van der Waals surface area contributed by atoms with Gasteiger partial charge < -0.3 is 19.5 Å². The van der Waals surface area contributed by atoms with Crippen LogP contribution in [-0.4, -0.2) is 50.7 Å². The Balaban J connectivity index is 1.97. The predicted octanol–water partition coefficient (Wildman–Crippen LogP) is 3.71. The Morgan fingerprint density at radius 2 is 1.68 bits per heavy atom. The summed E-state index contributed by atoms with van der Waals surface area (Å²) in [5.41, 5.74) is 1.82. The molecule has 0 fully saturated rings. The molecule has 0 atom stereocenters. The van der Waals surface area contributed by atoms with Gasteiger partial charge in [-0.1, -0.05) is 31.2 Å². The molecule has 1 aliphatic heterocycles. The predicted molar refractivity (Wildman–Crippen MR) is 119 cm³/mol. The zero-order valence-electron chi connectivity index (χ0n) is 18.1. The molecule has 0 spiro atoms. The molecule has 2 aromatic rings. The van der Waals surface area contributed by atoms with Gasteiger partial charge in [-0.05, 0) is 42.7 Å². The molecule has 0 unspecified atom stereocenters. The molecule has 7 heteroatoms. The standard InChI is InChI=1S/C24H28N2O5/c1-4-15-31-18-12-10-17(11-13-18)21-22(25-19-8-5-6-9-20(19)30-3)24(28)26(23(21)27)14-7-16-29-2/h5-6,8-13,25H,4,7,14-16H2,1-3H3. The molecule has 2 aromatic carbocycles. The molecule has 0 radical (unpaired) electrons. The Morgan fingerprint density at radius 3 is 2.35 bits per heavy atom. The molecule has 0 aromatic heterocycles. The molecule has 0 aliphatic carbocycles. The van der Waals surface area contributed by atoms with Gasteiger partial charge >= 0.3 is 0 Å². The number of imide groups is 1. The van der Waals surface area contributed by atoms with Crippen LogP contribution in [0.3, 0.4) is 0 Å². The van der Waals surface area contributed by atoms with Crippen LogP contribution in [0.25, 0.3) is 5.57 Å². The van der Waals surface area contributed by atoms with Crippen molar-refractivity contribution in [2.75, 3.05) is 39.3 Å². The molecule has 31 heavy (non-hydrogen) atoms. The summed E-state index contributed by atoms with van der Waals surface area (Å²) in [6, 6.07) is 14.5. The van der Waals surface area contributed by atoms with Gasteiger partial charge in [-0.25, -0.2) is 0 Å². The zero-order valence-corrected chi connectivity index (χ0v) is 18.1. The summed E-state index contributed by atoms with van der Waals surface area (Å²) in [7, 11) is 3.15. The van der Waals surface area contributed by atoms with Crippen LogP contribution >= 0.6 is 0 Å². The third-order valence-corrected chi connectivity index (χ3v) is 4.88. The van der Waals surface area contributed by atoms with Gasteiger partial charge in [0.1, 0.15) is 17.2 Å². The van der Waals surface area contributed by atoms with Crippen LogP contribution in [0.5, 0.6) is 11.5 Å². The summed E-state index contributed by atoms with van der Waals surface area (Å²) in [6.45, 7) is 3.40. The lowest BCUT2D eigenvalue weighted by Gasteiger charge is -2.15. The average Bonchev–Trinajstić information content (AvgIpc) is 3.02. The van der Waals surface area contributed by atoms with Crippen LogP contribution < -0.4 is 14.8 Å². The van der Waals surface area contributed by atoms with Crippen molar-refractivity contribution < 1.29 is 23.8 Å². The number of hydrogen-bond acceptors (Lipinski definition) is 6. The van der Waals surface area contributed by atoms with Crippen molar-refractivity contribution in [1.82, 2.24) is 4.90 Å². The monoisotopic (exact) mass is 424 g/mol. The van der Waals surface area contributed by atoms with Crippen molar-refractivity contribution in [3.05, 3.63) is 59.8 Å². The minimum Gasteiger partial charge on any atom is -0.495 e. The Bertz CT molecular complexity index is 953. The molecule has 1 aliphatic rings. The fraction of sp³-hybridized carbons (Fsp3) is 0.333. The van der Waals surface area contributed by atoms with E-state index in [1.165, 1.54) is 4.90 Å². The number of amides is 2. The molecule has 0 bridgehead atoms. The number of benzene rings is 2. The third-order valence-electron chi connectivity index (χ3n) is 4.88. The first-order valence-corrected chi connectivity index (χ1v) is 10.3. The second-order valence-corrected chi connectivity index (χ2v) is 7.06. The summed E-state index contributed by atoms with van der Waals surface area (Å²) in [6.07, 6.45) is 1.47. The van der Waals surface area contributed by atoms with E-state index in [9.17, 15) is 9.59 Å². The number of carbonyl (C=O) groups excluding carboxylic acids is 2. The Morgan fingerprint density at radius 1 is 0.935 bits per heavy atom. The highest BCUT2D eigenvalue weighted by Gasteiger charge is 2.39. The van der Waals surface area contributed by atoms with Gasteiger partial charge in [-0.15, -0.1) is 0 Å². The quantitative estimate of drug-likeness (QED) is 0.438. The van der Waals surface area contributed by atoms with Gasteiger partial charge in [0.15, 0.2) is 0 Å². The fourth-order valence-corrected chi connectivity index (χ4v) is 3.35. The largest absolute Gasteiger partial charge is 0.495 e. The molecule has 0 saturated heterocycles. The third kappa shape index (κ3) is 5.06. The fourth-order valence-electron chi connectivity index (χ4n) is 3.35. The van der Waals surface area contributed by atoms with Crippen LogP contribution in [-0.2, 0) is 14.3 Å². The SMILES string of the molecule is CCCOc1ccc(C2=C(Nc3ccccc3OC)C(=O)N(CCCOC)C2=O)cc1. The lowest BCUT2D eigenvalue weighted by molar-refractivity contribution is -0.136. The van der Waals surface area contributed by atoms with E-state index in [1.807, 2.05) is 31.2 Å². The number of ether oxygens (including phenoxy) is 3. The minimum atomic E-state index is -0.367. The second kappa shape index (κ2) is 10.6. The Labute approximate surface area is 182 Å². The topological polar surface area (TPSA) is 77.1 Å². The average molecular weight is 424 g/mol. The van der Waals surface area contributed by atoms with Crippen LogP contribution in [0.15, 0.2) is 54.2 Å². The van der Waals surface area contributed by atoms with Gasteiger partial charge in [0.2, 0.25) is 0 Å². The second-order valence-electron chi connectivity index (χ2n) is 7.06. The maximum atomic E-state index is 13.2. The highest BCUT2D eigenvalue weighted by Crippen LogP contribution is 2.33. The number of nitrogens with zero attached hydrogens (tertiary/aromatic N) is 1. The molecule has 7 nitrogen and oxygen atoms in total. The van der Waals surface area contributed by atoms with Crippen molar-refractivity contribution in [1.29, 1.82) is 0 Å². The van der Waals surface area contributed by atoms with Gasteiger partial charge in [0.05, 0.1) is 25.0 Å². The molecule has 2 amide bonds. The van der Waals surface area contributed by atoms with E-state index in [2.05, 4.69) is 5.32 Å². The Hall–Kier alpha value is -3.32. The van der Waals surface area contributed by atoms with E-state index in [1.54, 1.807) is 38.5 Å². The summed E-state index contributed by atoms with van der Waals surface area (Å²) in [5.74, 6) is 0.601. The van der Waals surface area contributed by atoms with Crippen molar-refractivity contribution >= 4 is 23.1 Å². The van der Waals surface area contributed by atoms with Crippen LogP contribution in [0.2, 0.25) is 0 Å². The smallest absolute Gasteiger partial charge is 0.278 e. The molecular weight excluding hydrogens is 396 g/mol. The molecule has 3 rings (SSSR count). The van der Waals surface area contributed by atoms with Gasteiger partial charge in [-0.2, -0.15) is 0 Å². The number of methoxy groups -OCH3 is 2. The lowest BCUT2D eigenvalue weighted by atomic mass is 10.0. The summed E-state index contributed by atoms with van der Waals surface area (Å²) in [5, 5.41) is 3.14. The summed E-state index contributed by atoms with van der Waals surface area (Å²) in [4.78, 5) is 27.7. The molecular formula is C24H28N2O5. The van der Waals surface area contributed by atoms with Crippen molar-refractivity contribution in [2.24, 2.45) is 0 Å². The molecule has 1 N–H and O–H groups in total. The van der Waals surface area contributed by atoms with E-state index in [0.717, 1.165) is 12.2 Å². The minimum absolute atomic E-state index is 0.231. The molecule has 164 valence electrons. The van der Waals surface area contributed by atoms with E-state index in [0.29, 0.717) is 42.2 Å². The number of rotatable bonds is 11. The van der Waals surface area contributed by atoms with Crippen LogP contribution in [0, 0.1) is 0 Å². The first-order valence-electron chi connectivity index (χ1n) is 10.3. The first kappa shape index (κ1) is 22.4. The number of anilines is 1. The highest BCUT2D eigenvalue weighted by molar-refractivity contribution is 6.36. The van der Waals surface area contributed by atoms with Gasteiger partial charge in [0.25, 0.3) is 11.8 Å². The van der Waals surface area contributed by atoms with Crippen molar-refractivity contribution in [2.45, 2.75) is 19.8 Å². The van der Waals surface area contributed by atoms with Crippen LogP contribution in [0.1, 0.15) is 25.3 Å². The van der Waals surface area contributed by atoms with Crippen LogP contribution in [0.4, 0.5) is 5.69 Å². The normalized spacial score (nSPS) is 13.7. The number of carbonyl (C=O) groups is 2. The summed E-state index contributed by atoms with van der Waals surface area (Å²) >= 11 is 0. The molecule has 1 heterocycles. The number of para-hydroxylation sites is 2. The summed E-state index contributed by atoms with van der Waals surface area (Å²) < 4.78 is 16.1. The maximum Gasteiger partial charge on any atom is 0.278 e. The first-order chi connectivity index (χ1) is 15.1. The maximum absolute atomic E-state index is 13.2. The van der Waals surface area contributed by atoms with Gasteiger partial charge in [-0.3, -0.25) is 14.5 Å². The van der Waals surface area contributed by atoms with Gasteiger partial charge in [0, 0.05) is 20.3 Å². The van der Waals surface area contributed by atoms with E-state index in [-0.39, 0.29) is 24.1 Å². The lowest BCUT2D eigenvalue weighted by Crippen LogP contribution is -2.33. The molecule has 0 saturated carbocycles. The van der Waals surface area contributed by atoms with E-state index < -0.39 is 0 Å². The highest BCUT2D eigenvalue weighted by atomic mass is 16.5. The van der Waals surface area contributed by atoms with Crippen molar-refractivity contribution in [3.8, 4) is 11.5 Å². The van der Waals surface area contributed by atoms with Crippen molar-refractivity contribution in [3.63, 3.8) is 0 Å². The number of hydrogen-bond donors (Lipinski definition) is 1. The Kier molecular flexibility index (Phi) is 7.67. The van der Waals surface area contributed by atoms with E-state index >= 15 is 0 Å².